The average Bonchev–Trinajstić information content (AvgIpc) is 2.60. The zero-order chi connectivity index (χ0) is 15.7. The highest BCUT2D eigenvalue weighted by molar-refractivity contribution is 7.89. The SMILES string of the molecule is Cc1ccc(CCl)cc1S(=O)(=O)N1CCCC(C)(C)CC1. The van der Waals surface area contributed by atoms with Gasteiger partial charge in [-0.2, -0.15) is 4.31 Å². The van der Waals surface area contributed by atoms with E-state index in [0.717, 1.165) is 30.4 Å². The number of nitrogens with zero attached hydrogens (tertiary/aromatic N) is 1. The first kappa shape index (κ1) is 16.8. The molecule has 0 atom stereocenters. The lowest BCUT2D eigenvalue weighted by molar-refractivity contribution is 0.315. The van der Waals surface area contributed by atoms with Crippen LogP contribution in [0.2, 0.25) is 0 Å². The largest absolute Gasteiger partial charge is 0.243 e. The molecule has 21 heavy (non-hydrogen) atoms. The zero-order valence-electron chi connectivity index (χ0n) is 13.0. The van der Waals surface area contributed by atoms with Gasteiger partial charge >= 0.3 is 0 Å². The van der Waals surface area contributed by atoms with Crippen molar-refractivity contribution in [2.75, 3.05) is 13.1 Å². The average molecular weight is 330 g/mol. The highest BCUT2D eigenvalue weighted by Gasteiger charge is 2.31. The van der Waals surface area contributed by atoms with Gasteiger partial charge in [-0.3, -0.25) is 0 Å². The summed E-state index contributed by atoms with van der Waals surface area (Å²) in [6, 6.07) is 5.44. The van der Waals surface area contributed by atoms with E-state index in [4.69, 9.17) is 11.6 Å². The van der Waals surface area contributed by atoms with Gasteiger partial charge in [-0.1, -0.05) is 26.0 Å². The second-order valence-corrected chi connectivity index (χ2v) is 8.83. The molecule has 0 aromatic heterocycles. The van der Waals surface area contributed by atoms with Gasteiger partial charge in [-0.05, 0) is 48.8 Å². The Morgan fingerprint density at radius 3 is 2.62 bits per heavy atom. The van der Waals surface area contributed by atoms with Crippen molar-refractivity contribution in [2.45, 2.75) is 50.8 Å². The van der Waals surface area contributed by atoms with Crippen molar-refractivity contribution < 1.29 is 8.42 Å². The molecule has 1 aromatic carbocycles. The van der Waals surface area contributed by atoms with Crippen LogP contribution < -0.4 is 0 Å². The summed E-state index contributed by atoms with van der Waals surface area (Å²) in [5.74, 6) is 0.329. The molecule has 1 fully saturated rings. The Labute approximate surface area is 133 Å². The van der Waals surface area contributed by atoms with E-state index >= 15 is 0 Å². The van der Waals surface area contributed by atoms with Crippen LogP contribution in [-0.4, -0.2) is 25.8 Å². The Morgan fingerprint density at radius 1 is 1.24 bits per heavy atom. The summed E-state index contributed by atoms with van der Waals surface area (Å²) in [5, 5.41) is 0. The summed E-state index contributed by atoms with van der Waals surface area (Å²) in [7, 11) is -3.42. The number of rotatable bonds is 3. The number of aryl methyl sites for hydroxylation is 1. The Morgan fingerprint density at radius 2 is 1.95 bits per heavy atom. The molecule has 0 unspecified atom stereocenters. The molecule has 1 heterocycles. The third-order valence-electron chi connectivity index (χ3n) is 4.32. The first-order valence-electron chi connectivity index (χ1n) is 7.42. The Kier molecular flexibility index (Phi) is 5.01. The number of sulfonamides is 1. The van der Waals surface area contributed by atoms with Crippen LogP contribution >= 0.6 is 11.6 Å². The van der Waals surface area contributed by atoms with Crippen LogP contribution in [0.1, 0.15) is 44.2 Å². The van der Waals surface area contributed by atoms with E-state index in [0.29, 0.717) is 23.9 Å². The molecule has 3 nitrogen and oxygen atoms in total. The van der Waals surface area contributed by atoms with Crippen molar-refractivity contribution in [1.29, 1.82) is 0 Å². The van der Waals surface area contributed by atoms with Gasteiger partial charge in [-0.25, -0.2) is 8.42 Å². The maximum absolute atomic E-state index is 12.9. The van der Waals surface area contributed by atoms with E-state index < -0.39 is 10.0 Å². The molecule has 0 N–H and O–H groups in total. The fourth-order valence-corrected chi connectivity index (χ4v) is 4.70. The van der Waals surface area contributed by atoms with Crippen LogP contribution in [0.4, 0.5) is 0 Å². The third kappa shape index (κ3) is 3.79. The van der Waals surface area contributed by atoms with Crippen LogP contribution in [0, 0.1) is 12.3 Å². The molecule has 1 saturated heterocycles. The topological polar surface area (TPSA) is 37.4 Å². The summed E-state index contributed by atoms with van der Waals surface area (Å²) < 4.78 is 27.5. The van der Waals surface area contributed by atoms with Gasteiger partial charge in [0.15, 0.2) is 0 Å². The minimum Gasteiger partial charge on any atom is -0.207 e. The fraction of sp³-hybridized carbons (Fsp3) is 0.625. The van der Waals surface area contributed by atoms with Crippen LogP contribution in [0.15, 0.2) is 23.1 Å². The van der Waals surface area contributed by atoms with E-state index in [1.807, 2.05) is 19.1 Å². The molecule has 0 amide bonds. The van der Waals surface area contributed by atoms with Crippen molar-refractivity contribution in [3.63, 3.8) is 0 Å². The Hall–Kier alpha value is -0.580. The van der Waals surface area contributed by atoms with E-state index in [9.17, 15) is 8.42 Å². The molecular weight excluding hydrogens is 306 g/mol. The smallest absolute Gasteiger partial charge is 0.207 e. The molecule has 0 bridgehead atoms. The summed E-state index contributed by atoms with van der Waals surface area (Å²) in [5.41, 5.74) is 1.85. The van der Waals surface area contributed by atoms with Crippen molar-refractivity contribution in [3.8, 4) is 0 Å². The summed E-state index contributed by atoms with van der Waals surface area (Å²) >= 11 is 5.84. The summed E-state index contributed by atoms with van der Waals surface area (Å²) in [6.45, 7) is 7.47. The first-order chi connectivity index (χ1) is 9.76. The van der Waals surface area contributed by atoms with E-state index in [1.165, 1.54) is 0 Å². The monoisotopic (exact) mass is 329 g/mol. The molecule has 118 valence electrons. The van der Waals surface area contributed by atoms with Crippen molar-refractivity contribution in [3.05, 3.63) is 29.3 Å². The van der Waals surface area contributed by atoms with Crippen molar-refractivity contribution >= 4 is 21.6 Å². The fourth-order valence-electron chi connectivity index (χ4n) is 2.78. The molecule has 1 aromatic rings. The van der Waals surface area contributed by atoms with Crippen LogP contribution in [0.25, 0.3) is 0 Å². The minimum absolute atomic E-state index is 0.220. The van der Waals surface area contributed by atoms with Gasteiger partial charge in [0.25, 0.3) is 0 Å². The summed E-state index contributed by atoms with van der Waals surface area (Å²) in [4.78, 5) is 0.403. The molecule has 0 radical (unpaired) electrons. The molecule has 0 saturated carbocycles. The summed E-state index contributed by atoms with van der Waals surface area (Å²) in [6.07, 6.45) is 2.89. The number of halogens is 1. The molecule has 5 heteroatoms. The maximum Gasteiger partial charge on any atom is 0.243 e. The lowest BCUT2D eigenvalue weighted by Crippen LogP contribution is -2.33. The predicted octanol–water partition coefficient (Wildman–Crippen LogP) is 3.93. The number of alkyl halides is 1. The van der Waals surface area contributed by atoms with Gasteiger partial charge in [0.05, 0.1) is 4.90 Å². The lowest BCUT2D eigenvalue weighted by atomic mass is 9.85. The van der Waals surface area contributed by atoms with E-state index in [-0.39, 0.29) is 5.41 Å². The van der Waals surface area contributed by atoms with Gasteiger partial charge in [-0.15, -0.1) is 11.6 Å². The third-order valence-corrected chi connectivity index (χ3v) is 6.67. The molecular formula is C16H24ClNO2S. The maximum atomic E-state index is 12.9. The minimum atomic E-state index is -3.42. The van der Waals surface area contributed by atoms with E-state index in [1.54, 1.807) is 10.4 Å². The Bertz CT molecular complexity index is 611. The second kappa shape index (κ2) is 6.27. The molecule has 0 spiro atoms. The van der Waals surface area contributed by atoms with Crippen molar-refractivity contribution in [2.24, 2.45) is 5.41 Å². The first-order valence-corrected chi connectivity index (χ1v) is 9.39. The Balaban J connectivity index is 2.33. The zero-order valence-corrected chi connectivity index (χ0v) is 14.6. The molecule has 1 aliphatic heterocycles. The highest BCUT2D eigenvalue weighted by atomic mass is 35.5. The number of hydrogen-bond donors (Lipinski definition) is 0. The van der Waals surface area contributed by atoms with Crippen molar-refractivity contribution in [1.82, 2.24) is 4.31 Å². The van der Waals surface area contributed by atoms with Gasteiger partial charge in [0.2, 0.25) is 10.0 Å². The molecule has 2 rings (SSSR count). The quantitative estimate of drug-likeness (QED) is 0.788. The lowest BCUT2D eigenvalue weighted by Gasteiger charge is -2.23. The van der Waals surface area contributed by atoms with Crippen LogP contribution in [0.3, 0.4) is 0 Å². The second-order valence-electron chi connectivity index (χ2n) is 6.66. The van der Waals surface area contributed by atoms with Gasteiger partial charge in [0.1, 0.15) is 0 Å². The standard InChI is InChI=1S/C16H24ClNO2S/c1-13-5-6-14(12-17)11-15(13)21(19,20)18-9-4-7-16(2,3)8-10-18/h5-6,11H,4,7-10,12H2,1-3H3. The molecule has 1 aliphatic rings. The number of hydrogen-bond acceptors (Lipinski definition) is 2. The molecule has 0 aliphatic carbocycles. The normalized spacial score (nSPS) is 20.2. The van der Waals surface area contributed by atoms with Gasteiger partial charge in [0, 0.05) is 19.0 Å². The highest BCUT2D eigenvalue weighted by Crippen LogP contribution is 2.32. The number of benzene rings is 1. The van der Waals surface area contributed by atoms with Crippen LogP contribution in [0.5, 0.6) is 0 Å². The van der Waals surface area contributed by atoms with E-state index in [2.05, 4.69) is 13.8 Å². The van der Waals surface area contributed by atoms with Gasteiger partial charge < -0.3 is 0 Å². The van der Waals surface area contributed by atoms with Crippen LogP contribution in [-0.2, 0) is 15.9 Å². The predicted molar refractivity (Wildman–Crippen MR) is 87.1 cm³/mol.